The standard InChI is InChI=1S/C5H15N2/c1-7(2,3)5-4-6/h4-6H2,1-3H3/q+1/i6+1. The van der Waals surface area contributed by atoms with Gasteiger partial charge in [0, 0.05) is 6.54 Å². The highest BCUT2D eigenvalue weighted by molar-refractivity contribution is 4.26. The highest BCUT2D eigenvalue weighted by Crippen LogP contribution is 1.83. The van der Waals surface area contributed by atoms with Crippen molar-refractivity contribution in [3.8, 4) is 0 Å². The van der Waals surface area contributed by atoms with Gasteiger partial charge >= 0.3 is 0 Å². The van der Waals surface area contributed by atoms with Gasteiger partial charge in [0.2, 0.25) is 0 Å². The maximum atomic E-state index is 5.30. The summed E-state index contributed by atoms with van der Waals surface area (Å²) in [6.07, 6.45) is 0. The minimum Gasteiger partial charge on any atom is -0.330 e. The van der Waals surface area contributed by atoms with Crippen LogP contribution in [0.2, 0.25) is 0 Å². The summed E-state index contributed by atoms with van der Waals surface area (Å²) < 4.78 is 0.969. The molecule has 2 N–H and O–H groups in total. The molecule has 0 aromatic heterocycles. The van der Waals surface area contributed by atoms with Gasteiger partial charge in [0.15, 0.2) is 0 Å². The number of quaternary nitrogens is 1. The van der Waals surface area contributed by atoms with Crippen LogP contribution >= 0.6 is 0 Å². The molecule has 0 bridgehead atoms. The molecule has 0 atom stereocenters. The van der Waals surface area contributed by atoms with Crippen molar-refractivity contribution in [2.75, 3.05) is 34.2 Å². The van der Waals surface area contributed by atoms with E-state index in [1.807, 2.05) is 0 Å². The molecule has 0 radical (unpaired) electrons. The van der Waals surface area contributed by atoms with Crippen LogP contribution in [0.1, 0.15) is 0 Å². The molecule has 0 aromatic rings. The molecule has 0 saturated carbocycles. The van der Waals surface area contributed by atoms with Gasteiger partial charge in [-0.05, 0) is 0 Å². The van der Waals surface area contributed by atoms with Crippen molar-refractivity contribution in [2.45, 2.75) is 0 Å². The van der Waals surface area contributed by atoms with Crippen molar-refractivity contribution in [1.29, 1.82) is 0 Å². The van der Waals surface area contributed by atoms with E-state index in [1.165, 1.54) is 0 Å². The van der Waals surface area contributed by atoms with Crippen LogP contribution in [0.5, 0.6) is 0 Å². The van der Waals surface area contributed by atoms with E-state index >= 15 is 0 Å². The topological polar surface area (TPSA) is 26.0 Å². The first kappa shape index (κ1) is 6.92. The Labute approximate surface area is 45.5 Å². The first-order valence-electron chi connectivity index (χ1n) is 2.57. The number of hydrogen-bond acceptors (Lipinski definition) is 1. The van der Waals surface area contributed by atoms with Gasteiger partial charge in [-0.3, -0.25) is 0 Å². The fourth-order valence-corrected chi connectivity index (χ4v) is 0.387. The van der Waals surface area contributed by atoms with Gasteiger partial charge in [-0.2, -0.15) is 0 Å². The lowest BCUT2D eigenvalue weighted by Gasteiger charge is -2.22. The van der Waals surface area contributed by atoms with Crippen molar-refractivity contribution < 1.29 is 4.48 Å². The number of likely N-dealkylation sites (N-methyl/N-ethyl adjacent to an activating group) is 1. The SMILES string of the molecule is C[N+](C)(C)CC[15NH2]. The highest BCUT2D eigenvalue weighted by atomic mass is 15.4. The Balaban J connectivity index is 3.15. The van der Waals surface area contributed by atoms with Crippen molar-refractivity contribution in [3.05, 3.63) is 0 Å². The van der Waals surface area contributed by atoms with Gasteiger partial charge in [0.25, 0.3) is 0 Å². The number of nitrogens with two attached hydrogens (primary N) is 1. The van der Waals surface area contributed by atoms with Crippen LogP contribution in [0.15, 0.2) is 0 Å². The fraction of sp³-hybridized carbons (Fsp3) is 1.00. The second-order valence-electron chi connectivity index (χ2n) is 2.80. The second kappa shape index (κ2) is 2.28. The zero-order valence-corrected chi connectivity index (χ0v) is 5.44. The maximum Gasteiger partial charge on any atom is 0.0905 e. The van der Waals surface area contributed by atoms with Crippen molar-refractivity contribution >= 4 is 0 Å². The van der Waals surface area contributed by atoms with Crippen LogP contribution in [-0.4, -0.2) is 38.7 Å². The first-order chi connectivity index (χ1) is 3.06. The predicted molar refractivity (Wildman–Crippen MR) is 32.0 cm³/mol. The summed E-state index contributed by atoms with van der Waals surface area (Å²) in [4.78, 5) is 0. The molecule has 0 saturated heterocycles. The molecule has 0 aliphatic carbocycles. The lowest BCUT2D eigenvalue weighted by atomic mass is 10.5. The molecule has 0 aliphatic rings. The summed E-state index contributed by atoms with van der Waals surface area (Å²) in [5.41, 5.74) is 5.30. The van der Waals surface area contributed by atoms with Crippen LogP contribution in [0.25, 0.3) is 0 Å². The van der Waals surface area contributed by atoms with Crippen molar-refractivity contribution in [1.82, 2.24) is 0 Å². The minimum absolute atomic E-state index is 0.781. The van der Waals surface area contributed by atoms with Crippen molar-refractivity contribution in [2.24, 2.45) is 5.73 Å². The van der Waals surface area contributed by atoms with Gasteiger partial charge in [-0.25, -0.2) is 0 Å². The van der Waals surface area contributed by atoms with Crippen LogP contribution in [0.3, 0.4) is 0 Å². The van der Waals surface area contributed by atoms with Crippen LogP contribution < -0.4 is 5.73 Å². The van der Waals surface area contributed by atoms with E-state index in [9.17, 15) is 0 Å². The van der Waals surface area contributed by atoms with Crippen LogP contribution in [-0.2, 0) is 0 Å². The minimum atomic E-state index is 0.781. The quantitative estimate of drug-likeness (QED) is 0.376. The molecular weight excluding hydrogens is 89.1 g/mol. The molecule has 2 nitrogen and oxygen atoms in total. The summed E-state index contributed by atoms with van der Waals surface area (Å²) in [7, 11) is 6.40. The first-order valence-corrected chi connectivity index (χ1v) is 2.57. The molecule has 0 unspecified atom stereocenters. The molecule has 0 spiro atoms. The molecule has 44 valence electrons. The van der Waals surface area contributed by atoms with Crippen LogP contribution in [0.4, 0.5) is 0 Å². The average molecular weight is 104 g/mol. The predicted octanol–water partition coefficient (Wildman–Crippen LogP) is -0.349. The van der Waals surface area contributed by atoms with E-state index in [4.69, 9.17) is 5.73 Å². The zero-order valence-electron chi connectivity index (χ0n) is 5.44. The summed E-state index contributed by atoms with van der Waals surface area (Å²) in [5.74, 6) is 0. The Kier molecular flexibility index (Phi) is 2.26. The van der Waals surface area contributed by atoms with Crippen LogP contribution in [0, 0.1) is 0 Å². The molecule has 0 aliphatic heterocycles. The summed E-state index contributed by atoms with van der Waals surface area (Å²) in [6, 6.07) is 0. The van der Waals surface area contributed by atoms with E-state index in [2.05, 4.69) is 21.1 Å². The van der Waals surface area contributed by atoms with Crippen molar-refractivity contribution in [3.63, 3.8) is 0 Å². The van der Waals surface area contributed by atoms with E-state index in [0.29, 0.717) is 0 Å². The van der Waals surface area contributed by atoms with E-state index in [-0.39, 0.29) is 0 Å². The van der Waals surface area contributed by atoms with Gasteiger partial charge in [-0.15, -0.1) is 0 Å². The molecule has 7 heavy (non-hydrogen) atoms. The molecule has 0 heterocycles. The van der Waals surface area contributed by atoms with Gasteiger partial charge in [0.05, 0.1) is 27.7 Å². The number of hydrogen-bond donors (Lipinski definition) is 1. The van der Waals surface area contributed by atoms with E-state index in [0.717, 1.165) is 17.6 Å². The average Bonchev–Trinajstić information content (AvgIpc) is 1.30. The normalized spacial score (nSPS) is 12.0. The van der Waals surface area contributed by atoms with E-state index < -0.39 is 0 Å². The van der Waals surface area contributed by atoms with E-state index in [1.54, 1.807) is 0 Å². The smallest absolute Gasteiger partial charge is 0.0905 e. The van der Waals surface area contributed by atoms with Gasteiger partial charge < -0.3 is 10.2 Å². The molecule has 0 amide bonds. The third-order valence-corrected chi connectivity index (χ3v) is 0.800. The van der Waals surface area contributed by atoms with Gasteiger partial charge in [0.1, 0.15) is 0 Å². The fourth-order valence-electron chi connectivity index (χ4n) is 0.387. The summed E-state index contributed by atoms with van der Waals surface area (Å²) in [6.45, 7) is 1.84. The number of nitrogens with zero attached hydrogens (tertiary/aromatic N) is 1. The third-order valence-electron chi connectivity index (χ3n) is 0.800. The molecule has 0 rings (SSSR count). The molecule has 2 heteroatoms. The largest absolute Gasteiger partial charge is 0.330 e. The lowest BCUT2D eigenvalue weighted by molar-refractivity contribution is -0.868. The Bertz CT molecular complexity index is 44.5. The second-order valence-corrected chi connectivity index (χ2v) is 2.80. The monoisotopic (exact) mass is 104 g/mol. The summed E-state index contributed by atoms with van der Waals surface area (Å²) >= 11 is 0. The Hall–Kier alpha value is -0.0800. The maximum absolute atomic E-state index is 5.30. The Morgan fingerprint density at radius 3 is 1.71 bits per heavy atom. The zero-order chi connectivity index (χ0) is 5.91. The number of rotatable bonds is 2. The molecule has 0 aromatic carbocycles. The summed E-state index contributed by atoms with van der Waals surface area (Å²) in [5, 5.41) is 0. The Morgan fingerprint density at radius 2 is 1.71 bits per heavy atom. The third kappa shape index (κ3) is 5.92. The highest BCUT2D eigenvalue weighted by Gasteiger charge is 2.01. The Morgan fingerprint density at radius 1 is 1.29 bits per heavy atom. The molecular formula is C5H15N2+. The van der Waals surface area contributed by atoms with Gasteiger partial charge in [-0.1, -0.05) is 0 Å². The molecule has 0 fully saturated rings. The lowest BCUT2D eigenvalue weighted by Crippen LogP contribution is -2.38.